The first-order valence-corrected chi connectivity index (χ1v) is 9.79. The van der Waals surface area contributed by atoms with Gasteiger partial charge in [0.1, 0.15) is 16.4 Å². The van der Waals surface area contributed by atoms with Crippen LogP contribution in [0.25, 0.3) is 0 Å². The van der Waals surface area contributed by atoms with Gasteiger partial charge in [-0.1, -0.05) is 23.7 Å². The fourth-order valence-electron chi connectivity index (χ4n) is 2.31. The van der Waals surface area contributed by atoms with Crippen LogP contribution in [0.3, 0.4) is 0 Å². The zero-order valence-electron chi connectivity index (χ0n) is 15.2. The molecule has 2 aromatic rings. The van der Waals surface area contributed by atoms with Crippen molar-refractivity contribution in [3.63, 3.8) is 0 Å². The molecule has 1 N–H and O–H groups in total. The Kier molecular flexibility index (Phi) is 7.06. The molecule has 27 heavy (non-hydrogen) atoms. The number of methoxy groups -OCH3 is 2. The number of amides is 1. The first kappa shape index (κ1) is 21.0. The lowest BCUT2D eigenvalue weighted by atomic mass is 10.2. The van der Waals surface area contributed by atoms with E-state index in [4.69, 9.17) is 21.1 Å². The number of carbonyl (C=O) groups excluding carboxylic acids is 1. The van der Waals surface area contributed by atoms with E-state index >= 15 is 0 Å². The van der Waals surface area contributed by atoms with Crippen molar-refractivity contribution in [2.75, 3.05) is 27.8 Å². The minimum atomic E-state index is -3.94. The number of benzene rings is 2. The van der Waals surface area contributed by atoms with E-state index in [1.165, 1.54) is 32.4 Å². The van der Waals surface area contributed by atoms with Gasteiger partial charge >= 0.3 is 0 Å². The number of hydrogen-bond donors (Lipinski definition) is 1. The first-order chi connectivity index (χ1) is 12.8. The molecular weight excluding hydrogens is 392 g/mol. The second-order valence-electron chi connectivity index (χ2n) is 5.68. The highest BCUT2D eigenvalue weighted by Gasteiger charge is 2.26. The third kappa shape index (κ3) is 5.35. The number of rotatable bonds is 8. The largest absolute Gasteiger partial charge is 0.497 e. The summed E-state index contributed by atoms with van der Waals surface area (Å²) in [4.78, 5) is 12.1. The number of hydrogen-bond acceptors (Lipinski definition) is 5. The molecule has 0 spiro atoms. The van der Waals surface area contributed by atoms with E-state index in [1.807, 2.05) is 12.1 Å². The standard InChI is InChI=1S/C18H21ClN2O5S/c1-21(27(23,24)17-10-14(19)6-9-16(17)26-3)12-18(22)20-11-13-4-7-15(25-2)8-5-13/h4-10H,11-12H2,1-3H3,(H,20,22). The molecule has 0 fully saturated rings. The highest BCUT2D eigenvalue weighted by molar-refractivity contribution is 7.89. The molecule has 146 valence electrons. The fraction of sp³-hybridized carbons (Fsp3) is 0.278. The van der Waals surface area contributed by atoms with Crippen molar-refractivity contribution in [2.24, 2.45) is 0 Å². The Labute approximate surface area is 163 Å². The predicted molar refractivity (Wildman–Crippen MR) is 103 cm³/mol. The van der Waals surface area contributed by atoms with Gasteiger partial charge < -0.3 is 14.8 Å². The second kappa shape index (κ2) is 9.07. The van der Waals surface area contributed by atoms with Gasteiger partial charge in [-0.2, -0.15) is 4.31 Å². The van der Waals surface area contributed by atoms with Crippen molar-refractivity contribution < 1.29 is 22.7 Å². The average Bonchev–Trinajstić information content (AvgIpc) is 2.66. The van der Waals surface area contributed by atoms with Gasteiger partial charge in [0.15, 0.2) is 0 Å². The summed E-state index contributed by atoms with van der Waals surface area (Å²) in [5.41, 5.74) is 0.867. The van der Waals surface area contributed by atoms with E-state index in [2.05, 4.69) is 5.32 Å². The third-order valence-electron chi connectivity index (χ3n) is 3.83. The summed E-state index contributed by atoms with van der Waals surface area (Å²) in [5.74, 6) is 0.439. The maximum atomic E-state index is 12.7. The van der Waals surface area contributed by atoms with Crippen LogP contribution in [0.5, 0.6) is 11.5 Å². The van der Waals surface area contributed by atoms with Gasteiger partial charge in [0.05, 0.1) is 20.8 Å². The summed E-state index contributed by atoms with van der Waals surface area (Å²) >= 11 is 5.90. The van der Waals surface area contributed by atoms with E-state index in [0.717, 1.165) is 9.87 Å². The molecule has 2 aromatic carbocycles. The maximum absolute atomic E-state index is 12.7. The molecule has 0 saturated carbocycles. The molecule has 0 aliphatic carbocycles. The van der Waals surface area contributed by atoms with Crippen LogP contribution in [-0.4, -0.2) is 46.4 Å². The van der Waals surface area contributed by atoms with E-state index in [-0.39, 0.29) is 28.8 Å². The van der Waals surface area contributed by atoms with E-state index in [1.54, 1.807) is 19.2 Å². The highest BCUT2D eigenvalue weighted by Crippen LogP contribution is 2.29. The van der Waals surface area contributed by atoms with Crippen molar-refractivity contribution in [3.8, 4) is 11.5 Å². The Bertz CT molecular complexity index is 900. The summed E-state index contributed by atoms with van der Waals surface area (Å²) in [6.45, 7) is -0.0641. The van der Waals surface area contributed by atoms with E-state index < -0.39 is 15.9 Å². The van der Waals surface area contributed by atoms with Gasteiger partial charge in [-0.05, 0) is 35.9 Å². The molecule has 9 heteroatoms. The zero-order chi connectivity index (χ0) is 20.0. The molecule has 0 saturated heterocycles. The summed E-state index contributed by atoms with van der Waals surface area (Å²) in [6.07, 6.45) is 0. The summed E-state index contributed by atoms with van der Waals surface area (Å²) in [7, 11) is 0.314. The number of halogens is 1. The van der Waals surface area contributed by atoms with Crippen molar-refractivity contribution >= 4 is 27.5 Å². The maximum Gasteiger partial charge on any atom is 0.247 e. The van der Waals surface area contributed by atoms with E-state index in [0.29, 0.717) is 5.75 Å². The van der Waals surface area contributed by atoms with Gasteiger partial charge in [-0.25, -0.2) is 8.42 Å². The van der Waals surface area contributed by atoms with Gasteiger partial charge in [-0.15, -0.1) is 0 Å². The highest BCUT2D eigenvalue weighted by atomic mass is 35.5. The average molecular weight is 413 g/mol. The van der Waals surface area contributed by atoms with E-state index in [9.17, 15) is 13.2 Å². The monoisotopic (exact) mass is 412 g/mol. The minimum absolute atomic E-state index is 0.0945. The molecule has 2 rings (SSSR count). The lowest BCUT2D eigenvalue weighted by molar-refractivity contribution is -0.121. The van der Waals surface area contributed by atoms with Crippen LogP contribution in [0.4, 0.5) is 0 Å². The second-order valence-corrected chi connectivity index (χ2v) is 8.13. The molecule has 1 amide bonds. The molecule has 0 aliphatic heterocycles. The Morgan fingerprint density at radius 3 is 2.37 bits per heavy atom. The molecule has 0 aromatic heterocycles. The quantitative estimate of drug-likeness (QED) is 0.719. The molecule has 0 atom stereocenters. The first-order valence-electron chi connectivity index (χ1n) is 7.97. The van der Waals surface area contributed by atoms with Crippen molar-refractivity contribution in [1.82, 2.24) is 9.62 Å². The number of nitrogens with zero attached hydrogens (tertiary/aromatic N) is 1. The molecule has 0 heterocycles. The molecule has 0 radical (unpaired) electrons. The number of likely N-dealkylation sites (N-methyl/N-ethyl adjacent to an activating group) is 1. The Balaban J connectivity index is 2.03. The Morgan fingerprint density at radius 1 is 1.11 bits per heavy atom. The predicted octanol–water partition coefficient (Wildman–Crippen LogP) is 2.29. The number of ether oxygens (including phenoxy) is 2. The van der Waals surface area contributed by atoms with Crippen LogP contribution in [0, 0.1) is 0 Å². The molecule has 0 bridgehead atoms. The van der Waals surface area contributed by atoms with Crippen LogP contribution in [0.1, 0.15) is 5.56 Å². The summed E-state index contributed by atoms with van der Waals surface area (Å²) in [6, 6.07) is 11.5. The van der Waals surface area contributed by atoms with Crippen LogP contribution < -0.4 is 14.8 Å². The Hall–Kier alpha value is -2.29. The van der Waals surface area contributed by atoms with Crippen molar-refractivity contribution in [3.05, 3.63) is 53.1 Å². The Morgan fingerprint density at radius 2 is 1.78 bits per heavy atom. The molecule has 7 nitrogen and oxygen atoms in total. The summed E-state index contributed by atoms with van der Waals surface area (Å²) < 4.78 is 36.6. The number of sulfonamides is 1. The molecule has 0 aliphatic rings. The van der Waals surface area contributed by atoms with Crippen molar-refractivity contribution in [1.29, 1.82) is 0 Å². The number of nitrogens with one attached hydrogen (secondary N) is 1. The summed E-state index contributed by atoms with van der Waals surface area (Å²) in [5, 5.41) is 2.94. The zero-order valence-corrected chi connectivity index (χ0v) is 16.8. The van der Waals surface area contributed by atoms with Crippen molar-refractivity contribution in [2.45, 2.75) is 11.4 Å². The van der Waals surface area contributed by atoms with Gasteiger partial charge in [0, 0.05) is 18.6 Å². The third-order valence-corrected chi connectivity index (χ3v) is 5.89. The lowest BCUT2D eigenvalue weighted by Gasteiger charge is -2.18. The van der Waals surface area contributed by atoms with Crippen LogP contribution >= 0.6 is 11.6 Å². The van der Waals surface area contributed by atoms with Gasteiger partial charge in [-0.3, -0.25) is 4.79 Å². The molecule has 0 unspecified atom stereocenters. The fourth-order valence-corrected chi connectivity index (χ4v) is 3.85. The minimum Gasteiger partial charge on any atom is -0.497 e. The van der Waals surface area contributed by atoms with Gasteiger partial charge in [0.25, 0.3) is 0 Å². The van der Waals surface area contributed by atoms with Gasteiger partial charge in [0.2, 0.25) is 15.9 Å². The molecular formula is C18H21ClN2O5S. The van der Waals surface area contributed by atoms with Crippen LogP contribution in [0.15, 0.2) is 47.4 Å². The number of carbonyl (C=O) groups is 1. The lowest BCUT2D eigenvalue weighted by Crippen LogP contribution is -2.38. The topological polar surface area (TPSA) is 84.9 Å². The SMILES string of the molecule is COc1ccc(CNC(=O)CN(C)S(=O)(=O)c2cc(Cl)ccc2OC)cc1. The van der Waals surface area contributed by atoms with Crippen LogP contribution in [-0.2, 0) is 21.4 Å². The normalized spacial score (nSPS) is 11.3. The smallest absolute Gasteiger partial charge is 0.247 e. The van der Waals surface area contributed by atoms with Crippen LogP contribution in [0.2, 0.25) is 5.02 Å².